The number of nitrogens with zero attached hydrogens (tertiary/aromatic N) is 1. The van der Waals surface area contributed by atoms with Gasteiger partial charge in [-0.15, -0.1) is 0 Å². The van der Waals surface area contributed by atoms with Crippen molar-refractivity contribution in [3.05, 3.63) is 64.9 Å². The lowest BCUT2D eigenvalue weighted by Gasteiger charge is -2.02. The molecule has 1 aromatic carbocycles. The van der Waals surface area contributed by atoms with E-state index in [2.05, 4.69) is 34.1 Å². The minimum absolute atomic E-state index is 0.293. The first-order chi connectivity index (χ1) is 10.2. The molecule has 0 N–H and O–H groups in total. The Hall–Kier alpha value is -2.07. The van der Waals surface area contributed by atoms with Crippen LogP contribution in [0.5, 0.6) is 0 Å². The van der Waals surface area contributed by atoms with Gasteiger partial charge in [0.05, 0.1) is 12.2 Å². The summed E-state index contributed by atoms with van der Waals surface area (Å²) in [5, 5.41) is 0. The van der Waals surface area contributed by atoms with E-state index in [1.54, 1.807) is 19.2 Å². The SMILES string of the molecule is CCOC(=O)c1ccc2cc(-c3ccc(Br)cc3)cn2c1. The Morgan fingerprint density at radius 2 is 1.86 bits per heavy atom. The first-order valence-electron chi connectivity index (χ1n) is 6.72. The second-order valence-electron chi connectivity index (χ2n) is 4.71. The molecule has 2 heterocycles. The molecule has 21 heavy (non-hydrogen) atoms. The summed E-state index contributed by atoms with van der Waals surface area (Å²) in [6, 6.07) is 14.0. The van der Waals surface area contributed by atoms with E-state index in [-0.39, 0.29) is 5.97 Å². The lowest BCUT2D eigenvalue weighted by atomic mass is 10.1. The van der Waals surface area contributed by atoms with E-state index in [1.165, 1.54) is 0 Å². The maximum absolute atomic E-state index is 11.8. The summed E-state index contributed by atoms with van der Waals surface area (Å²) in [6.45, 7) is 2.18. The van der Waals surface area contributed by atoms with Crippen molar-refractivity contribution in [2.24, 2.45) is 0 Å². The number of halogens is 1. The molecule has 0 unspecified atom stereocenters. The molecule has 0 fully saturated rings. The van der Waals surface area contributed by atoms with Crippen LogP contribution in [-0.4, -0.2) is 17.0 Å². The molecule has 0 saturated heterocycles. The predicted molar refractivity (Wildman–Crippen MR) is 86.5 cm³/mol. The Morgan fingerprint density at radius 3 is 2.57 bits per heavy atom. The van der Waals surface area contributed by atoms with Crippen molar-refractivity contribution in [3.8, 4) is 11.1 Å². The summed E-state index contributed by atoms with van der Waals surface area (Å²) < 4.78 is 8.03. The molecule has 0 aliphatic heterocycles. The third-order valence-electron chi connectivity index (χ3n) is 3.28. The number of aromatic nitrogens is 1. The van der Waals surface area contributed by atoms with Crippen LogP contribution in [0.15, 0.2) is 59.3 Å². The number of carbonyl (C=O) groups excluding carboxylic acids is 1. The monoisotopic (exact) mass is 343 g/mol. The number of hydrogen-bond donors (Lipinski definition) is 0. The molecule has 0 amide bonds. The van der Waals surface area contributed by atoms with E-state index in [1.807, 2.05) is 28.8 Å². The smallest absolute Gasteiger partial charge is 0.339 e. The van der Waals surface area contributed by atoms with Gasteiger partial charge in [0, 0.05) is 27.9 Å². The van der Waals surface area contributed by atoms with E-state index < -0.39 is 0 Å². The highest BCUT2D eigenvalue weighted by molar-refractivity contribution is 9.10. The minimum atomic E-state index is -0.293. The molecule has 2 aromatic heterocycles. The average Bonchev–Trinajstić information content (AvgIpc) is 2.91. The Balaban J connectivity index is 2.00. The second kappa shape index (κ2) is 5.74. The van der Waals surface area contributed by atoms with E-state index in [9.17, 15) is 4.79 Å². The zero-order valence-corrected chi connectivity index (χ0v) is 13.1. The van der Waals surface area contributed by atoms with Crippen molar-refractivity contribution < 1.29 is 9.53 Å². The van der Waals surface area contributed by atoms with Crippen molar-refractivity contribution >= 4 is 27.4 Å². The Morgan fingerprint density at radius 1 is 1.10 bits per heavy atom. The molecule has 3 aromatic rings. The summed E-state index contributed by atoms with van der Waals surface area (Å²) in [5.74, 6) is -0.293. The van der Waals surface area contributed by atoms with Gasteiger partial charge in [0.15, 0.2) is 0 Å². The average molecular weight is 344 g/mol. The molecule has 0 bridgehead atoms. The van der Waals surface area contributed by atoms with Gasteiger partial charge in [-0.3, -0.25) is 0 Å². The third kappa shape index (κ3) is 2.85. The van der Waals surface area contributed by atoms with Gasteiger partial charge in [0.1, 0.15) is 0 Å². The highest BCUT2D eigenvalue weighted by Crippen LogP contribution is 2.24. The minimum Gasteiger partial charge on any atom is -0.462 e. The molecular formula is C17H14BrNO2. The van der Waals surface area contributed by atoms with E-state index in [0.29, 0.717) is 12.2 Å². The summed E-state index contributed by atoms with van der Waals surface area (Å²) >= 11 is 3.44. The van der Waals surface area contributed by atoms with Crippen LogP contribution in [0.1, 0.15) is 17.3 Å². The number of benzene rings is 1. The van der Waals surface area contributed by atoms with Gasteiger partial charge < -0.3 is 9.14 Å². The number of ether oxygens (including phenoxy) is 1. The second-order valence-corrected chi connectivity index (χ2v) is 5.62. The van der Waals surface area contributed by atoms with Gasteiger partial charge in [0.25, 0.3) is 0 Å². The zero-order valence-electron chi connectivity index (χ0n) is 11.5. The van der Waals surface area contributed by atoms with Crippen LogP contribution in [0.3, 0.4) is 0 Å². The first-order valence-corrected chi connectivity index (χ1v) is 7.51. The molecular weight excluding hydrogens is 330 g/mol. The summed E-state index contributed by atoms with van der Waals surface area (Å²) in [6.07, 6.45) is 3.82. The Labute approximate surface area is 131 Å². The van der Waals surface area contributed by atoms with E-state index in [4.69, 9.17) is 4.74 Å². The number of esters is 1. The fourth-order valence-electron chi connectivity index (χ4n) is 2.24. The van der Waals surface area contributed by atoms with Crippen molar-refractivity contribution in [1.29, 1.82) is 0 Å². The van der Waals surface area contributed by atoms with Gasteiger partial charge in [-0.2, -0.15) is 0 Å². The van der Waals surface area contributed by atoms with Crippen LogP contribution >= 0.6 is 15.9 Å². The van der Waals surface area contributed by atoms with Crippen LogP contribution in [0.25, 0.3) is 16.6 Å². The molecule has 4 heteroatoms. The van der Waals surface area contributed by atoms with Crippen molar-refractivity contribution in [2.45, 2.75) is 6.92 Å². The highest BCUT2D eigenvalue weighted by Gasteiger charge is 2.08. The fourth-order valence-corrected chi connectivity index (χ4v) is 2.51. The molecule has 0 spiro atoms. The van der Waals surface area contributed by atoms with E-state index >= 15 is 0 Å². The predicted octanol–water partition coefficient (Wildman–Crippen LogP) is 4.55. The first kappa shape index (κ1) is 13.9. The van der Waals surface area contributed by atoms with Gasteiger partial charge in [-0.25, -0.2) is 4.79 Å². The Kier molecular flexibility index (Phi) is 3.80. The lowest BCUT2D eigenvalue weighted by Crippen LogP contribution is -2.05. The lowest BCUT2D eigenvalue weighted by molar-refractivity contribution is 0.0526. The third-order valence-corrected chi connectivity index (χ3v) is 3.81. The molecule has 0 aliphatic carbocycles. The molecule has 3 rings (SSSR count). The molecule has 3 nitrogen and oxygen atoms in total. The van der Waals surface area contributed by atoms with Crippen LogP contribution in [0.2, 0.25) is 0 Å². The standard InChI is InChI=1S/C17H14BrNO2/c1-2-21-17(20)13-5-8-16-9-14(11-19(16)10-13)12-3-6-15(18)7-4-12/h3-11H,2H2,1H3. The van der Waals surface area contributed by atoms with E-state index in [0.717, 1.165) is 21.1 Å². The molecule has 106 valence electrons. The summed E-state index contributed by atoms with van der Waals surface area (Å²) in [4.78, 5) is 11.8. The van der Waals surface area contributed by atoms with Crippen molar-refractivity contribution in [1.82, 2.24) is 4.40 Å². The molecule has 0 saturated carbocycles. The summed E-state index contributed by atoms with van der Waals surface area (Å²) in [5.41, 5.74) is 3.85. The largest absolute Gasteiger partial charge is 0.462 e. The number of fused-ring (bicyclic) bond motifs is 1. The number of hydrogen-bond acceptors (Lipinski definition) is 2. The van der Waals surface area contributed by atoms with Gasteiger partial charge >= 0.3 is 5.97 Å². The maximum Gasteiger partial charge on any atom is 0.339 e. The summed E-state index contributed by atoms with van der Waals surface area (Å²) in [7, 11) is 0. The Bertz CT molecular complexity index is 790. The maximum atomic E-state index is 11.8. The van der Waals surface area contributed by atoms with Crippen LogP contribution in [0, 0.1) is 0 Å². The highest BCUT2D eigenvalue weighted by atomic mass is 79.9. The number of rotatable bonds is 3. The van der Waals surface area contributed by atoms with Crippen LogP contribution < -0.4 is 0 Å². The fraction of sp³-hybridized carbons (Fsp3) is 0.118. The topological polar surface area (TPSA) is 30.7 Å². The van der Waals surface area contributed by atoms with Crippen LogP contribution in [0.4, 0.5) is 0 Å². The van der Waals surface area contributed by atoms with Gasteiger partial charge in [0.2, 0.25) is 0 Å². The normalized spacial score (nSPS) is 10.8. The zero-order chi connectivity index (χ0) is 14.8. The quantitative estimate of drug-likeness (QED) is 0.653. The number of pyridine rings is 1. The molecule has 0 radical (unpaired) electrons. The van der Waals surface area contributed by atoms with Crippen LogP contribution in [-0.2, 0) is 4.74 Å². The van der Waals surface area contributed by atoms with Crippen molar-refractivity contribution in [2.75, 3.05) is 6.61 Å². The van der Waals surface area contributed by atoms with Gasteiger partial charge in [-0.1, -0.05) is 28.1 Å². The molecule has 0 atom stereocenters. The van der Waals surface area contributed by atoms with Crippen molar-refractivity contribution in [3.63, 3.8) is 0 Å². The van der Waals surface area contributed by atoms with Gasteiger partial charge in [-0.05, 0) is 42.8 Å². The number of carbonyl (C=O) groups is 1. The molecule has 0 aliphatic rings.